The first-order chi connectivity index (χ1) is 12.1. The van der Waals surface area contributed by atoms with Crippen LogP contribution in [0.1, 0.15) is 45.1 Å². The molecule has 138 valence electrons. The van der Waals surface area contributed by atoms with Gasteiger partial charge in [0.05, 0.1) is 18.3 Å². The smallest absolute Gasteiger partial charge is 0.317 e. The van der Waals surface area contributed by atoms with Crippen molar-refractivity contribution in [3.63, 3.8) is 0 Å². The molecule has 0 aliphatic carbocycles. The van der Waals surface area contributed by atoms with E-state index < -0.39 is 0 Å². The Hall–Kier alpha value is -1.59. The second-order valence-electron chi connectivity index (χ2n) is 7.53. The van der Waals surface area contributed by atoms with E-state index in [0.29, 0.717) is 6.61 Å². The van der Waals surface area contributed by atoms with Crippen LogP contribution in [0.4, 0.5) is 4.79 Å². The van der Waals surface area contributed by atoms with Gasteiger partial charge >= 0.3 is 6.03 Å². The van der Waals surface area contributed by atoms with E-state index in [9.17, 15) is 4.79 Å². The van der Waals surface area contributed by atoms with Gasteiger partial charge < -0.3 is 19.7 Å². The molecule has 5 nitrogen and oxygen atoms in total. The third kappa shape index (κ3) is 4.95. The van der Waals surface area contributed by atoms with Gasteiger partial charge in [-0.1, -0.05) is 30.3 Å². The fraction of sp³-hybridized carbons (Fsp3) is 0.650. The van der Waals surface area contributed by atoms with Gasteiger partial charge in [0.25, 0.3) is 0 Å². The van der Waals surface area contributed by atoms with Gasteiger partial charge in [-0.15, -0.1) is 0 Å². The van der Waals surface area contributed by atoms with Gasteiger partial charge in [-0.2, -0.15) is 0 Å². The van der Waals surface area contributed by atoms with Crippen molar-refractivity contribution in [2.75, 3.05) is 19.7 Å². The van der Waals surface area contributed by atoms with E-state index in [-0.39, 0.29) is 23.8 Å². The Morgan fingerprint density at radius 2 is 2.04 bits per heavy atom. The molecule has 3 rings (SSSR count). The highest BCUT2D eigenvalue weighted by molar-refractivity contribution is 5.74. The van der Waals surface area contributed by atoms with Crippen LogP contribution in [0, 0.1) is 0 Å². The number of carbonyl (C=O) groups excluding carboxylic acids is 1. The van der Waals surface area contributed by atoms with Gasteiger partial charge in [-0.3, -0.25) is 0 Å². The van der Waals surface area contributed by atoms with Crippen LogP contribution < -0.4 is 5.32 Å². The summed E-state index contributed by atoms with van der Waals surface area (Å²) in [5.74, 6) is 0. The topological polar surface area (TPSA) is 50.8 Å². The second kappa shape index (κ2) is 8.19. The summed E-state index contributed by atoms with van der Waals surface area (Å²) < 4.78 is 12.3. The minimum Gasteiger partial charge on any atom is -0.375 e. The number of piperidine rings is 1. The van der Waals surface area contributed by atoms with Crippen LogP contribution in [0.3, 0.4) is 0 Å². The van der Waals surface area contributed by atoms with E-state index >= 15 is 0 Å². The summed E-state index contributed by atoms with van der Waals surface area (Å²) in [5, 5.41) is 2.97. The lowest BCUT2D eigenvalue weighted by Crippen LogP contribution is -2.54. The second-order valence-corrected chi connectivity index (χ2v) is 7.53. The van der Waals surface area contributed by atoms with E-state index in [1.54, 1.807) is 0 Å². The largest absolute Gasteiger partial charge is 0.375 e. The predicted octanol–water partition coefficient (Wildman–Crippen LogP) is 3.33. The van der Waals surface area contributed by atoms with Gasteiger partial charge in [-0.25, -0.2) is 4.79 Å². The minimum atomic E-state index is -0.117. The van der Waals surface area contributed by atoms with E-state index in [1.165, 1.54) is 5.56 Å². The summed E-state index contributed by atoms with van der Waals surface area (Å²) in [7, 11) is 0. The molecule has 2 fully saturated rings. The van der Waals surface area contributed by atoms with E-state index in [2.05, 4.69) is 17.4 Å². The van der Waals surface area contributed by atoms with Crippen molar-refractivity contribution in [2.24, 2.45) is 0 Å². The third-order valence-corrected chi connectivity index (χ3v) is 5.15. The molecule has 2 heterocycles. The molecule has 1 atom stereocenters. The fourth-order valence-corrected chi connectivity index (χ4v) is 3.72. The number of hydrogen-bond donors (Lipinski definition) is 1. The number of nitrogens with one attached hydrogen (secondary N) is 1. The van der Waals surface area contributed by atoms with Crippen molar-refractivity contribution >= 4 is 6.03 Å². The Labute approximate surface area is 150 Å². The summed E-state index contributed by atoms with van der Waals surface area (Å²) in [5.41, 5.74) is 1.09. The van der Waals surface area contributed by atoms with Crippen LogP contribution in [0.25, 0.3) is 0 Å². The first-order valence-corrected chi connectivity index (χ1v) is 9.41. The standard InChI is InChI=1S/C20H30N2O3/c1-16(2)21-19(23)22-11-9-20(10-12-22)14-18(8-13-25-20)24-15-17-6-4-3-5-7-17/h3-7,16,18H,8-15H2,1-2H3,(H,21,23). The van der Waals surface area contributed by atoms with E-state index in [4.69, 9.17) is 9.47 Å². The first-order valence-electron chi connectivity index (χ1n) is 9.41. The minimum absolute atomic E-state index is 0.0394. The van der Waals surface area contributed by atoms with Gasteiger partial charge in [-0.05, 0) is 38.7 Å². The zero-order valence-electron chi connectivity index (χ0n) is 15.4. The number of rotatable bonds is 4. The molecule has 1 N–H and O–H groups in total. The molecule has 1 aromatic rings. The lowest BCUT2D eigenvalue weighted by Gasteiger charge is -2.46. The van der Waals surface area contributed by atoms with Crippen molar-refractivity contribution in [3.05, 3.63) is 35.9 Å². The molecular weight excluding hydrogens is 316 g/mol. The normalized spacial score (nSPS) is 23.0. The summed E-state index contributed by atoms with van der Waals surface area (Å²) in [6.45, 7) is 6.89. The van der Waals surface area contributed by atoms with E-state index in [0.717, 1.165) is 45.4 Å². The van der Waals surface area contributed by atoms with Gasteiger partial charge in [0, 0.05) is 32.2 Å². The number of ether oxygens (including phenoxy) is 2. The molecule has 25 heavy (non-hydrogen) atoms. The summed E-state index contributed by atoms with van der Waals surface area (Å²) in [6, 6.07) is 10.5. The van der Waals surface area contributed by atoms with Crippen molar-refractivity contribution in [1.82, 2.24) is 10.2 Å². The molecule has 5 heteroatoms. The fourth-order valence-electron chi connectivity index (χ4n) is 3.72. The van der Waals surface area contributed by atoms with Gasteiger partial charge in [0.15, 0.2) is 0 Å². The van der Waals surface area contributed by atoms with Crippen molar-refractivity contribution in [3.8, 4) is 0 Å². The molecule has 2 aliphatic rings. The maximum atomic E-state index is 12.2. The van der Waals surface area contributed by atoms with Crippen LogP contribution in [0.15, 0.2) is 30.3 Å². The van der Waals surface area contributed by atoms with Crippen LogP contribution in [-0.4, -0.2) is 48.4 Å². The molecular formula is C20H30N2O3. The number of nitrogens with zero attached hydrogens (tertiary/aromatic N) is 1. The number of carbonyl (C=O) groups is 1. The Morgan fingerprint density at radius 1 is 1.32 bits per heavy atom. The van der Waals surface area contributed by atoms with Crippen LogP contribution in [0.2, 0.25) is 0 Å². The molecule has 2 saturated heterocycles. The molecule has 0 bridgehead atoms. The monoisotopic (exact) mass is 346 g/mol. The molecule has 2 aliphatic heterocycles. The summed E-state index contributed by atoms with van der Waals surface area (Å²) in [4.78, 5) is 14.1. The molecule has 0 saturated carbocycles. The number of urea groups is 1. The Kier molecular flexibility index (Phi) is 5.97. The zero-order chi connectivity index (χ0) is 17.7. The maximum absolute atomic E-state index is 12.2. The lowest BCUT2D eigenvalue weighted by atomic mass is 9.83. The molecule has 1 aromatic carbocycles. The number of benzene rings is 1. The highest BCUT2D eigenvalue weighted by Gasteiger charge is 2.41. The zero-order valence-corrected chi connectivity index (χ0v) is 15.4. The first kappa shape index (κ1) is 18.2. The maximum Gasteiger partial charge on any atom is 0.317 e. The molecule has 0 aromatic heterocycles. The third-order valence-electron chi connectivity index (χ3n) is 5.15. The van der Waals surface area contributed by atoms with Crippen LogP contribution >= 0.6 is 0 Å². The average molecular weight is 346 g/mol. The van der Waals surface area contributed by atoms with Crippen molar-refractivity contribution in [2.45, 2.75) is 63.9 Å². The number of amides is 2. The summed E-state index contributed by atoms with van der Waals surface area (Å²) in [6.07, 6.45) is 3.91. The van der Waals surface area contributed by atoms with Crippen molar-refractivity contribution < 1.29 is 14.3 Å². The van der Waals surface area contributed by atoms with Gasteiger partial charge in [0.1, 0.15) is 0 Å². The van der Waals surface area contributed by atoms with Crippen LogP contribution in [-0.2, 0) is 16.1 Å². The van der Waals surface area contributed by atoms with Crippen LogP contribution in [0.5, 0.6) is 0 Å². The van der Waals surface area contributed by atoms with E-state index in [1.807, 2.05) is 36.9 Å². The Morgan fingerprint density at radius 3 is 2.72 bits per heavy atom. The lowest BCUT2D eigenvalue weighted by molar-refractivity contribution is -0.154. The highest BCUT2D eigenvalue weighted by Crippen LogP contribution is 2.36. The molecule has 1 spiro atoms. The predicted molar refractivity (Wildman–Crippen MR) is 97.4 cm³/mol. The average Bonchev–Trinajstić information content (AvgIpc) is 2.61. The molecule has 0 radical (unpaired) electrons. The highest BCUT2D eigenvalue weighted by atomic mass is 16.5. The number of hydrogen-bond acceptors (Lipinski definition) is 3. The van der Waals surface area contributed by atoms with Gasteiger partial charge in [0.2, 0.25) is 0 Å². The quantitative estimate of drug-likeness (QED) is 0.910. The van der Waals surface area contributed by atoms with Crippen molar-refractivity contribution in [1.29, 1.82) is 0 Å². The molecule has 2 amide bonds. The number of likely N-dealkylation sites (tertiary alicyclic amines) is 1. The SMILES string of the molecule is CC(C)NC(=O)N1CCC2(CC1)CC(OCc1ccccc1)CCO2. The Balaban J connectivity index is 1.49. The molecule has 1 unspecified atom stereocenters. The summed E-state index contributed by atoms with van der Waals surface area (Å²) >= 11 is 0. The Bertz CT molecular complexity index is 553.